The fourth-order valence-electron chi connectivity index (χ4n) is 1.78. The lowest BCUT2D eigenvalue weighted by atomic mass is 9.90. The fraction of sp³-hybridized carbons (Fsp3) is 1.00. The van der Waals surface area contributed by atoms with Crippen molar-refractivity contribution in [2.75, 3.05) is 20.3 Å². The predicted octanol–water partition coefficient (Wildman–Crippen LogP) is 0.877. The summed E-state index contributed by atoms with van der Waals surface area (Å²) in [5.74, 6) is 1.32. The summed E-state index contributed by atoms with van der Waals surface area (Å²) in [5.41, 5.74) is 0. The number of rotatable bonds is 1. The number of hydrogen-bond acceptors (Lipinski definition) is 2. The van der Waals surface area contributed by atoms with E-state index in [4.69, 9.17) is 4.74 Å². The zero-order chi connectivity index (χ0) is 7.56. The Morgan fingerprint density at radius 3 is 2.00 bits per heavy atom. The molecule has 0 spiro atoms. The number of hydrogen-bond donors (Lipinski definition) is 1. The molecule has 1 saturated heterocycles. The Morgan fingerprint density at radius 1 is 1.20 bits per heavy atom. The van der Waals surface area contributed by atoms with Crippen LogP contribution in [0.1, 0.15) is 13.8 Å². The fourth-order valence-corrected chi connectivity index (χ4v) is 1.78. The van der Waals surface area contributed by atoms with Gasteiger partial charge in [-0.1, -0.05) is 13.8 Å². The Morgan fingerprint density at radius 2 is 1.70 bits per heavy atom. The highest BCUT2D eigenvalue weighted by Crippen LogP contribution is 2.18. The maximum Gasteiger partial charge on any atom is 0.0506 e. The highest BCUT2D eigenvalue weighted by Gasteiger charge is 2.26. The molecule has 0 bridgehead atoms. The molecule has 2 nitrogen and oxygen atoms in total. The zero-order valence-electron chi connectivity index (χ0n) is 7.05. The van der Waals surface area contributed by atoms with E-state index in [2.05, 4.69) is 19.2 Å². The normalized spacial score (nSPS) is 41.7. The van der Waals surface area contributed by atoms with E-state index in [0.29, 0.717) is 17.9 Å². The molecule has 1 aliphatic heterocycles. The van der Waals surface area contributed by atoms with Gasteiger partial charge in [0.1, 0.15) is 0 Å². The topological polar surface area (TPSA) is 21.3 Å². The molecule has 0 aromatic heterocycles. The summed E-state index contributed by atoms with van der Waals surface area (Å²) in [6.45, 7) is 6.29. The molecule has 0 aromatic carbocycles. The van der Waals surface area contributed by atoms with Crippen molar-refractivity contribution in [1.29, 1.82) is 0 Å². The molecule has 1 rings (SSSR count). The first-order valence-electron chi connectivity index (χ1n) is 4.00. The van der Waals surface area contributed by atoms with Crippen molar-refractivity contribution in [3.63, 3.8) is 0 Å². The summed E-state index contributed by atoms with van der Waals surface area (Å²) in [6.07, 6.45) is 0. The summed E-state index contributed by atoms with van der Waals surface area (Å²) in [7, 11) is 2.03. The van der Waals surface area contributed by atoms with E-state index >= 15 is 0 Å². The second kappa shape index (κ2) is 3.35. The molecule has 0 saturated carbocycles. The lowest BCUT2D eigenvalue weighted by molar-refractivity contribution is 0.00419. The zero-order valence-corrected chi connectivity index (χ0v) is 7.05. The second-order valence-corrected chi connectivity index (χ2v) is 3.31. The summed E-state index contributed by atoms with van der Waals surface area (Å²) in [4.78, 5) is 0. The third kappa shape index (κ3) is 1.50. The van der Waals surface area contributed by atoms with Crippen molar-refractivity contribution in [2.24, 2.45) is 11.8 Å². The molecule has 0 amide bonds. The van der Waals surface area contributed by atoms with E-state index in [1.807, 2.05) is 7.05 Å². The van der Waals surface area contributed by atoms with Crippen LogP contribution in [0.5, 0.6) is 0 Å². The van der Waals surface area contributed by atoms with Gasteiger partial charge in [-0.3, -0.25) is 0 Å². The molecule has 1 N–H and O–H groups in total. The molecule has 60 valence electrons. The van der Waals surface area contributed by atoms with Gasteiger partial charge in [-0.25, -0.2) is 0 Å². The van der Waals surface area contributed by atoms with Crippen LogP contribution in [-0.4, -0.2) is 26.3 Å². The summed E-state index contributed by atoms with van der Waals surface area (Å²) in [6, 6.07) is 0.647. The molecule has 0 aliphatic carbocycles. The van der Waals surface area contributed by atoms with E-state index in [1.54, 1.807) is 0 Å². The Bertz CT molecular complexity index is 95.4. The van der Waals surface area contributed by atoms with Crippen LogP contribution in [0.2, 0.25) is 0 Å². The van der Waals surface area contributed by atoms with Gasteiger partial charge < -0.3 is 10.1 Å². The standard InChI is InChI=1S/C8H17NO/c1-6-4-10-5-7(2)8(6)9-3/h6-9H,4-5H2,1-3H3. The molecular weight excluding hydrogens is 126 g/mol. The quantitative estimate of drug-likeness (QED) is 0.588. The van der Waals surface area contributed by atoms with Crippen LogP contribution in [0.3, 0.4) is 0 Å². The highest BCUT2D eigenvalue weighted by atomic mass is 16.5. The van der Waals surface area contributed by atoms with Crippen molar-refractivity contribution < 1.29 is 4.74 Å². The molecule has 1 aliphatic rings. The van der Waals surface area contributed by atoms with Crippen LogP contribution in [-0.2, 0) is 4.74 Å². The van der Waals surface area contributed by atoms with Gasteiger partial charge in [-0.2, -0.15) is 0 Å². The molecule has 2 unspecified atom stereocenters. The van der Waals surface area contributed by atoms with Crippen LogP contribution in [0, 0.1) is 11.8 Å². The molecule has 0 aromatic rings. The van der Waals surface area contributed by atoms with Crippen molar-refractivity contribution in [2.45, 2.75) is 19.9 Å². The van der Waals surface area contributed by atoms with Gasteiger partial charge in [0, 0.05) is 6.04 Å². The molecule has 2 heteroatoms. The smallest absolute Gasteiger partial charge is 0.0506 e. The van der Waals surface area contributed by atoms with E-state index in [-0.39, 0.29) is 0 Å². The predicted molar refractivity (Wildman–Crippen MR) is 42.0 cm³/mol. The highest BCUT2D eigenvalue weighted by molar-refractivity contribution is 4.80. The van der Waals surface area contributed by atoms with Crippen LogP contribution >= 0.6 is 0 Å². The third-order valence-corrected chi connectivity index (χ3v) is 2.32. The lowest BCUT2D eigenvalue weighted by Gasteiger charge is -2.34. The first kappa shape index (κ1) is 8.02. The monoisotopic (exact) mass is 143 g/mol. The maximum absolute atomic E-state index is 5.39. The molecular formula is C8H17NO. The van der Waals surface area contributed by atoms with Crippen LogP contribution in [0.4, 0.5) is 0 Å². The summed E-state index contributed by atoms with van der Waals surface area (Å²) < 4.78 is 5.39. The average molecular weight is 143 g/mol. The Kier molecular flexibility index (Phi) is 2.69. The van der Waals surface area contributed by atoms with Crippen molar-refractivity contribution in [1.82, 2.24) is 5.32 Å². The Hall–Kier alpha value is -0.0800. The van der Waals surface area contributed by atoms with Gasteiger partial charge in [0.05, 0.1) is 13.2 Å². The van der Waals surface area contributed by atoms with Crippen LogP contribution < -0.4 is 5.32 Å². The molecule has 1 heterocycles. The van der Waals surface area contributed by atoms with Gasteiger partial charge in [-0.15, -0.1) is 0 Å². The molecule has 0 radical (unpaired) electrons. The lowest BCUT2D eigenvalue weighted by Crippen LogP contribution is -2.45. The van der Waals surface area contributed by atoms with E-state index in [9.17, 15) is 0 Å². The minimum Gasteiger partial charge on any atom is -0.381 e. The average Bonchev–Trinajstić information content (AvgIpc) is 1.88. The summed E-state index contributed by atoms with van der Waals surface area (Å²) in [5, 5.41) is 3.32. The minimum atomic E-state index is 0.647. The Balaban J connectivity index is 2.45. The number of ether oxygens (including phenoxy) is 1. The van der Waals surface area contributed by atoms with Gasteiger partial charge in [0.2, 0.25) is 0 Å². The Labute approximate surface area is 63.0 Å². The minimum absolute atomic E-state index is 0.647. The second-order valence-electron chi connectivity index (χ2n) is 3.31. The molecule has 10 heavy (non-hydrogen) atoms. The van der Waals surface area contributed by atoms with E-state index in [0.717, 1.165) is 13.2 Å². The van der Waals surface area contributed by atoms with Gasteiger partial charge >= 0.3 is 0 Å². The summed E-state index contributed by atoms with van der Waals surface area (Å²) >= 11 is 0. The van der Waals surface area contributed by atoms with E-state index in [1.165, 1.54) is 0 Å². The van der Waals surface area contributed by atoms with Crippen LogP contribution in [0.25, 0.3) is 0 Å². The molecule has 1 fully saturated rings. The van der Waals surface area contributed by atoms with Crippen molar-refractivity contribution in [3.8, 4) is 0 Å². The van der Waals surface area contributed by atoms with Crippen molar-refractivity contribution >= 4 is 0 Å². The molecule has 2 atom stereocenters. The largest absolute Gasteiger partial charge is 0.381 e. The first-order valence-corrected chi connectivity index (χ1v) is 4.00. The maximum atomic E-state index is 5.39. The third-order valence-electron chi connectivity index (χ3n) is 2.32. The first-order chi connectivity index (χ1) is 4.75. The van der Waals surface area contributed by atoms with Gasteiger partial charge in [0.15, 0.2) is 0 Å². The van der Waals surface area contributed by atoms with Crippen molar-refractivity contribution in [3.05, 3.63) is 0 Å². The SMILES string of the molecule is CNC1C(C)COCC1C. The van der Waals surface area contributed by atoms with Gasteiger partial charge in [0.25, 0.3) is 0 Å². The van der Waals surface area contributed by atoms with Gasteiger partial charge in [-0.05, 0) is 18.9 Å². The van der Waals surface area contributed by atoms with Crippen LogP contribution in [0.15, 0.2) is 0 Å². The van der Waals surface area contributed by atoms with E-state index < -0.39 is 0 Å². The number of nitrogens with one attached hydrogen (secondary N) is 1.